The Bertz CT molecular complexity index is 998. The van der Waals surface area contributed by atoms with Gasteiger partial charge >= 0.3 is 0 Å². The summed E-state index contributed by atoms with van der Waals surface area (Å²) in [6.45, 7) is 1.81. The Morgan fingerprint density at radius 1 is 1.09 bits per heavy atom. The van der Waals surface area contributed by atoms with Gasteiger partial charge in [-0.25, -0.2) is 0 Å². The lowest BCUT2D eigenvalue weighted by atomic mass is 10.2. The van der Waals surface area contributed by atoms with E-state index in [1.807, 2.05) is 0 Å². The zero-order valence-electron chi connectivity index (χ0n) is 18.0. The molecule has 1 atom stereocenters. The van der Waals surface area contributed by atoms with Gasteiger partial charge in [-0.05, 0) is 36.4 Å². The van der Waals surface area contributed by atoms with Crippen LogP contribution in [-0.2, 0) is 6.61 Å². The Morgan fingerprint density at radius 3 is 2.38 bits per heavy atom. The van der Waals surface area contributed by atoms with Crippen molar-refractivity contribution in [2.75, 3.05) is 27.4 Å². The molecule has 32 heavy (non-hydrogen) atoms. The average Bonchev–Trinajstić information content (AvgIpc) is 3.24. The predicted octanol–water partition coefficient (Wildman–Crippen LogP) is 2.14. The van der Waals surface area contributed by atoms with Crippen LogP contribution in [0.15, 0.2) is 47.0 Å². The Kier molecular flexibility index (Phi) is 7.87. The molecule has 3 aromatic rings. The van der Waals surface area contributed by atoms with Gasteiger partial charge in [-0.3, -0.25) is 4.79 Å². The van der Waals surface area contributed by atoms with Crippen LogP contribution in [0.4, 0.5) is 0 Å². The van der Waals surface area contributed by atoms with E-state index in [9.17, 15) is 9.90 Å². The number of amides is 1. The number of para-hydroxylation sites is 1. The normalized spacial score (nSPS) is 11.5. The van der Waals surface area contributed by atoms with E-state index in [1.165, 1.54) is 14.2 Å². The third-order valence-electron chi connectivity index (χ3n) is 4.35. The number of hydrogen-bond acceptors (Lipinski definition) is 9. The number of carbonyl (C=O) groups is 1. The fourth-order valence-corrected chi connectivity index (χ4v) is 2.76. The van der Waals surface area contributed by atoms with E-state index >= 15 is 0 Å². The lowest BCUT2D eigenvalue weighted by molar-refractivity contribution is 0.0833. The van der Waals surface area contributed by atoms with E-state index < -0.39 is 6.10 Å². The number of nitrogens with one attached hydrogen (secondary N) is 1. The van der Waals surface area contributed by atoms with Crippen molar-refractivity contribution < 1.29 is 33.4 Å². The number of hydrogen-bond donors (Lipinski definition) is 2. The molecule has 10 heteroatoms. The van der Waals surface area contributed by atoms with Crippen LogP contribution in [0.2, 0.25) is 0 Å². The lowest BCUT2D eigenvalue weighted by Crippen LogP contribution is -2.35. The number of ether oxygens (including phenoxy) is 4. The number of aliphatic hydroxyl groups is 1. The lowest BCUT2D eigenvalue weighted by Gasteiger charge is -2.17. The summed E-state index contributed by atoms with van der Waals surface area (Å²) >= 11 is 0. The van der Waals surface area contributed by atoms with E-state index in [0.29, 0.717) is 40.3 Å². The number of methoxy groups -OCH3 is 2. The van der Waals surface area contributed by atoms with E-state index in [4.69, 9.17) is 23.5 Å². The monoisotopic (exact) mass is 443 g/mol. The summed E-state index contributed by atoms with van der Waals surface area (Å²) in [5, 5.41) is 16.6. The van der Waals surface area contributed by atoms with E-state index in [-0.39, 0.29) is 25.7 Å². The van der Waals surface area contributed by atoms with Gasteiger partial charge in [0.1, 0.15) is 18.5 Å². The van der Waals surface area contributed by atoms with Gasteiger partial charge in [0.25, 0.3) is 5.91 Å². The molecule has 10 nitrogen and oxygen atoms in total. The Labute approximate surface area is 185 Å². The largest absolute Gasteiger partial charge is 0.493 e. The van der Waals surface area contributed by atoms with Gasteiger partial charge in [0.2, 0.25) is 17.5 Å². The molecule has 0 saturated carbocycles. The molecule has 0 radical (unpaired) electrons. The highest BCUT2D eigenvalue weighted by Gasteiger charge is 2.15. The molecule has 1 heterocycles. The van der Waals surface area contributed by atoms with Crippen LogP contribution < -0.4 is 24.3 Å². The number of benzene rings is 2. The SMILES string of the molecule is COc1cccc(OC)c1OCC(O)CNC(=O)c1ccc(OCc2noc(C)n2)cc1. The molecule has 1 amide bonds. The van der Waals surface area contributed by atoms with Gasteiger partial charge in [0.05, 0.1) is 14.2 Å². The smallest absolute Gasteiger partial charge is 0.251 e. The molecule has 1 aromatic heterocycles. The molecule has 3 rings (SSSR count). The Hall–Kier alpha value is -3.79. The molecule has 0 fully saturated rings. The van der Waals surface area contributed by atoms with Crippen molar-refractivity contribution >= 4 is 5.91 Å². The van der Waals surface area contributed by atoms with E-state index in [2.05, 4.69) is 15.5 Å². The summed E-state index contributed by atoms with van der Waals surface area (Å²) in [5.41, 5.74) is 0.423. The maximum Gasteiger partial charge on any atom is 0.251 e. The highest BCUT2D eigenvalue weighted by molar-refractivity contribution is 5.94. The highest BCUT2D eigenvalue weighted by atomic mass is 16.5. The average molecular weight is 443 g/mol. The van der Waals surface area contributed by atoms with Gasteiger partial charge < -0.3 is 33.9 Å². The van der Waals surface area contributed by atoms with Crippen molar-refractivity contribution in [3.05, 3.63) is 59.7 Å². The zero-order chi connectivity index (χ0) is 22.9. The van der Waals surface area contributed by atoms with E-state index in [1.54, 1.807) is 49.4 Å². The number of rotatable bonds is 11. The number of aliphatic hydroxyl groups excluding tert-OH is 1. The third-order valence-corrected chi connectivity index (χ3v) is 4.35. The molecule has 0 aliphatic rings. The second-order valence-corrected chi connectivity index (χ2v) is 6.71. The second-order valence-electron chi connectivity index (χ2n) is 6.71. The summed E-state index contributed by atoms with van der Waals surface area (Å²) in [4.78, 5) is 16.4. The van der Waals surface area contributed by atoms with Gasteiger partial charge in [0, 0.05) is 19.0 Å². The van der Waals surface area contributed by atoms with Gasteiger partial charge in [-0.15, -0.1) is 0 Å². The number of aryl methyl sites for hydroxylation is 1. The molecule has 1 unspecified atom stereocenters. The standard InChI is InChI=1S/C22H25N3O7/c1-14-24-20(25-32-14)13-30-17-9-7-15(8-10-17)22(27)23-11-16(26)12-31-21-18(28-2)5-4-6-19(21)29-3/h4-10,16,26H,11-13H2,1-3H3,(H,23,27). The van der Waals surface area contributed by atoms with Crippen LogP contribution in [0.5, 0.6) is 23.0 Å². The second kappa shape index (κ2) is 11.0. The fraction of sp³-hybridized carbons (Fsp3) is 0.318. The topological polar surface area (TPSA) is 125 Å². The molecule has 0 spiro atoms. The van der Waals surface area contributed by atoms with Crippen LogP contribution >= 0.6 is 0 Å². The van der Waals surface area contributed by atoms with Gasteiger partial charge in [-0.1, -0.05) is 11.2 Å². The number of aromatic nitrogens is 2. The van der Waals surface area contributed by atoms with Crippen LogP contribution in [0, 0.1) is 6.92 Å². The number of carbonyl (C=O) groups excluding carboxylic acids is 1. The van der Waals surface area contributed by atoms with Crippen LogP contribution in [0.3, 0.4) is 0 Å². The van der Waals surface area contributed by atoms with E-state index in [0.717, 1.165) is 0 Å². The van der Waals surface area contributed by atoms with Crippen molar-refractivity contribution in [3.63, 3.8) is 0 Å². The van der Waals surface area contributed by atoms with Crippen LogP contribution in [-0.4, -0.2) is 54.6 Å². The number of nitrogens with zero attached hydrogens (tertiary/aromatic N) is 2. The first-order valence-corrected chi connectivity index (χ1v) is 9.82. The minimum absolute atomic E-state index is 0.00568. The first-order chi connectivity index (χ1) is 15.5. The quantitative estimate of drug-likeness (QED) is 0.458. The van der Waals surface area contributed by atoms with Crippen molar-refractivity contribution in [1.29, 1.82) is 0 Å². The van der Waals surface area contributed by atoms with Crippen molar-refractivity contribution in [2.24, 2.45) is 0 Å². The summed E-state index contributed by atoms with van der Waals surface area (Å²) < 4.78 is 26.6. The van der Waals surface area contributed by atoms with Crippen molar-refractivity contribution in [1.82, 2.24) is 15.5 Å². The van der Waals surface area contributed by atoms with Crippen molar-refractivity contribution in [2.45, 2.75) is 19.6 Å². The maximum absolute atomic E-state index is 12.3. The molecule has 2 N–H and O–H groups in total. The summed E-state index contributed by atoms with van der Waals surface area (Å²) in [6.07, 6.45) is -0.936. The van der Waals surface area contributed by atoms with Crippen molar-refractivity contribution in [3.8, 4) is 23.0 Å². The van der Waals surface area contributed by atoms with Crippen LogP contribution in [0.1, 0.15) is 22.1 Å². The molecule has 0 bridgehead atoms. The van der Waals surface area contributed by atoms with Gasteiger partial charge in [0.15, 0.2) is 18.1 Å². The first kappa shape index (κ1) is 22.9. The first-order valence-electron chi connectivity index (χ1n) is 9.82. The summed E-state index contributed by atoms with van der Waals surface area (Å²) in [6, 6.07) is 11.8. The minimum Gasteiger partial charge on any atom is -0.493 e. The highest BCUT2D eigenvalue weighted by Crippen LogP contribution is 2.36. The minimum atomic E-state index is -0.936. The molecule has 0 saturated heterocycles. The predicted molar refractivity (Wildman–Crippen MR) is 113 cm³/mol. The molecular weight excluding hydrogens is 418 g/mol. The molecule has 2 aromatic carbocycles. The molecule has 0 aliphatic heterocycles. The zero-order valence-corrected chi connectivity index (χ0v) is 18.0. The maximum atomic E-state index is 12.3. The molecular formula is C22H25N3O7. The molecule has 0 aliphatic carbocycles. The molecule has 170 valence electrons. The Morgan fingerprint density at radius 2 is 1.78 bits per heavy atom. The van der Waals surface area contributed by atoms with Gasteiger partial charge in [-0.2, -0.15) is 4.98 Å². The third kappa shape index (κ3) is 6.11. The summed E-state index contributed by atoms with van der Waals surface area (Å²) in [7, 11) is 3.03. The van der Waals surface area contributed by atoms with Crippen LogP contribution in [0.25, 0.3) is 0 Å². The fourth-order valence-electron chi connectivity index (χ4n) is 2.76. The summed E-state index contributed by atoms with van der Waals surface area (Å²) in [5.74, 6) is 2.48. The Balaban J connectivity index is 1.46.